The van der Waals surface area contributed by atoms with Gasteiger partial charge >= 0.3 is 5.97 Å². The molecule has 3 unspecified atom stereocenters. The Balaban J connectivity index is 2.06. The van der Waals surface area contributed by atoms with Crippen molar-refractivity contribution in [3.05, 3.63) is 11.1 Å². The maximum absolute atomic E-state index is 11.8. The summed E-state index contributed by atoms with van der Waals surface area (Å²) in [5.41, 5.74) is -0.926. The number of hydrogen-bond donors (Lipinski definition) is 1. The van der Waals surface area contributed by atoms with Crippen LogP contribution in [0.25, 0.3) is 0 Å². The zero-order valence-corrected chi connectivity index (χ0v) is 12.4. The Morgan fingerprint density at radius 1 is 1.60 bits per heavy atom. The van der Waals surface area contributed by atoms with E-state index in [1.165, 1.54) is 0 Å². The van der Waals surface area contributed by atoms with Crippen molar-refractivity contribution in [3.8, 4) is 0 Å². The lowest BCUT2D eigenvalue weighted by Crippen LogP contribution is -2.39. The minimum atomic E-state index is -0.926. The summed E-state index contributed by atoms with van der Waals surface area (Å²) in [5.74, 6) is -0.363. The molecular formula is C14H21ClO5. The summed E-state index contributed by atoms with van der Waals surface area (Å²) < 4.78 is 16.5. The van der Waals surface area contributed by atoms with Gasteiger partial charge in [0.25, 0.3) is 0 Å². The third-order valence-electron chi connectivity index (χ3n) is 3.51. The second kappa shape index (κ2) is 6.89. The maximum atomic E-state index is 11.8. The molecule has 1 heterocycles. The molecule has 0 aromatic heterocycles. The highest BCUT2D eigenvalue weighted by Gasteiger charge is 2.43. The number of halogens is 1. The van der Waals surface area contributed by atoms with E-state index in [1.54, 1.807) is 13.0 Å². The molecule has 5 nitrogen and oxygen atoms in total. The monoisotopic (exact) mass is 304 g/mol. The van der Waals surface area contributed by atoms with Crippen LogP contribution >= 0.6 is 11.6 Å². The second-order valence-electron chi connectivity index (χ2n) is 5.21. The molecule has 0 spiro atoms. The number of esters is 1. The maximum Gasteiger partial charge on any atom is 0.309 e. The first-order chi connectivity index (χ1) is 9.54. The van der Waals surface area contributed by atoms with Crippen molar-refractivity contribution in [1.29, 1.82) is 0 Å². The molecule has 1 fully saturated rings. The lowest BCUT2D eigenvalue weighted by Gasteiger charge is -2.33. The predicted octanol–water partition coefficient (Wildman–Crippen LogP) is 2.11. The molecule has 2 aliphatic rings. The third kappa shape index (κ3) is 3.95. The van der Waals surface area contributed by atoms with Crippen molar-refractivity contribution in [1.82, 2.24) is 0 Å². The fraction of sp³-hybridized carbons (Fsp3) is 0.786. The first-order valence-corrected chi connectivity index (χ1v) is 7.44. The number of carbonyl (C=O) groups is 1. The van der Waals surface area contributed by atoms with Gasteiger partial charge in [0, 0.05) is 18.1 Å². The smallest absolute Gasteiger partial charge is 0.309 e. The minimum Gasteiger partial charge on any atom is -0.466 e. The molecule has 1 N–H and O–H groups in total. The van der Waals surface area contributed by atoms with E-state index in [2.05, 4.69) is 0 Å². The van der Waals surface area contributed by atoms with E-state index < -0.39 is 11.7 Å². The molecule has 114 valence electrons. The van der Waals surface area contributed by atoms with Crippen molar-refractivity contribution in [2.75, 3.05) is 13.2 Å². The standard InChI is InChI=1S/C14H21ClO5/c1-2-18-12(17)9-14(7-10(15)11(16)8-14)20-13-5-3-4-6-19-13/h7,11,13,16H,2-6,8-9H2,1H3. The highest BCUT2D eigenvalue weighted by Crippen LogP contribution is 2.38. The average molecular weight is 305 g/mol. The van der Waals surface area contributed by atoms with E-state index in [-0.39, 0.29) is 25.1 Å². The number of rotatable bonds is 5. The van der Waals surface area contributed by atoms with Crippen molar-refractivity contribution in [2.24, 2.45) is 0 Å². The zero-order valence-electron chi connectivity index (χ0n) is 11.6. The predicted molar refractivity (Wildman–Crippen MR) is 73.2 cm³/mol. The van der Waals surface area contributed by atoms with E-state index in [0.717, 1.165) is 19.3 Å². The van der Waals surface area contributed by atoms with Gasteiger partial charge in [0.2, 0.25) is 0 Å². The van der Waals surface area contributed by atoms with Gasteiger partial charge in [0.1, 0.15) is 5.60 Å². The van der Waals surface area contributed by atoms with Gasteiger partial charge < -0.3 is 19.3 Å². The Bertz CT molecular complexity index is 378. The first kappa shape index (κ1) is 15.8. The quantitative estimate of drug-likeness (QED) is 0.788. The summed E-state index contributed by atoms with van der Waals surface area (Å²) in [6, 6.07) is 0. The first-order valence-electron chi connectivity index (χ1n) is 7.06. The molecule has 6 heteroatoms. The molecule has 0 aromatic carbocycles. The van der Waals surface area contributed by atoms with Crippen LogP contribution in [0.3, 0.4) is 0 Å². The Morgan fingerprint density at radius 2 is 2.40 bits per heavy atom. The van der Waals surface area contributed by atoms with Crippen LogP contribution in [-0.4, -0.2) is 42.3 Å². The normalized spacial score (nSPS) is 33.9. The molecule has 0 amide bonds. The molecule has 0 radical (unpaired) electrons. The highest BCUT2D eigenvalue weighted by atomic mass is 35.5. The van der Waals surface area contributed by atoms with Gasteiger partial charge in [-0.05, 0) is 32.3 Å². The van der Waals surface area contributed by atoms with Gasteiger partial charge in [-0.25, -0.2) is 0 Å². The summed E-state index contributed by atoms with van der Waals surface area (Å²) in [6.07, 6.45) is 3.59. The number of aliphatic hydroxyl groups is 1. The van der Waals surface area contributed by atoms with Gasteiger partial charge in [-0.15, -0.1) is 0 Å². The zero-order chi connectivity index (χ0) is 14.6. The summed E-state index contributed by atoms with van der Waals surface area (Å²) in [7, 11) is 0. The number of hydrogen-bond acceptors (Lipinski definition) is 5. The van der Waals surface area contributed by atoms with Gasteiger partial charge in [-0.3, -0.25) is 4.79 Å². The molecule has 0 aromatic rings. The molecule has 3 atom stereocenters. The Hall–Kier alpha value is -0.620. The van der Waals surface area contributed by atoms with Gasteiger partial charge in [0.15, 0.2) is 6.29 Å². The fourth-order valence-corrected chi connectivity index (χ4v) is 2.88. The van der Waals surface area contributed by atoms with Crippen LogP contribution in [0, 0.1) is 0 Å². The van der Waals surface area contributed by atoms with E-state index in [1.807, 2.05) is 0 Å². The van der Waals surface area contributed by atoms with Crippen LogP contribution < -0.4 is 0 Å². The van der Waals surface area contributed by atoms with Crippen LogP contribution in [0.2, 0.25) is 0 Å². The van der Waals surface area contributed by atoms with Crippen LogP contribution in [0.1, 0.15) is 39.0 Å². The van der Waals surface area contributed by atoms with Crippen LogP contribution in [0.15, 0.2) is 11.1 Å². The van der Waals surface area contributed by atoms with E-state index in [0.29, 0.717) is 18.2 Å². The third-order valence-corrected chi connectivity index (χ3v) is 3.87. The van der Waals surface area contributed by atoms with E-state index in [4.69, 9.17) is 25.8 Å². The topological polar surface area (TPSA) is 65.0 Å². The number of carbonyl (C=O) groups excluding carboxylic acids is 1. The lowest BCUT2D eigenvalue weighted by atomic mass is 9.98. The highest BCUT2D eigenvalue weighted by molar-refractivity contribution is 6.30. The summed E-state index contributed by atoms with van der Waals surface area (Å²) in [5, 5.41) is 10.1. The second-order valence-corrected chi connectivity index (χ2v) is 5.65. The Labute approximate surface area is 123 Å². The average Bonchev–Trinajstić information content (AvgIpc) is 2.65. The van der Waals surface area contributed by atoms with Crippen LogP contribution in [0.5, 0.6) is 0 Å². The summed E-state index contributed by atoms with van der Waals surface area (Å²) in [6.45, 7) is 2.72. The minimum absolute atomic E-state index is 0.0357. The van der Waals surface area contributed by atoms with Crippen molar-refractivity contribution < 1.29 is 24.1 Å². The fourth-order valence-electron chi connectivity index (χ4n) is 2.60. The van der Waals surface area contributed by atoms with Gasteiger partial charge in [-0.2, -0.15) is 0 Å². The largest absolute Gasteiger partial charge is 0.466 e. The molecule has 2 rings (SSSR count). The van der Waals surface area contributed by atoms with E-state index >= 15 is 0 Å². The molecule has 1 aliphatic carbocycles. The number of ether oxygens (including phenoxy) is 3. The lowest BCUT2D eigenvalue weighted by molar-refractivity contribution is -0.217. The van der Waals surface area contributed by atoms with Crippen molar-refractivity contribution in [2.45, 2.75) is 57.0 Å². The number of aliphatic hydroxyl groups excluding tert-OH is 1. The van der Waals surface area contributed by atoms with Gasteiger partial charge in [0.05, 0.1) is 19.1 Å². The molecule has 20 heavy (non-hydrogen) atoms. The van der Waals surface area contributed by atoms with Crippen molar-refractivity contribution in [3.63, 3.8) is 0 Å². The van der Waals surface area contributed by atoms with Crippen molar-refractivity contribution >= 4 is 17.6 Å². The van der Waals surface area contributed by atoms with E-state index in [9.17, 15) is 9.90 Å². The Morgan fingerprint density at radius 3 is 2.95 bits per heavy atom. The SMILES string of the molecule is CCOC(=O)CC1(OC2CCCCO2)C=C(Cl)C(O)C1. The molecule has 0 saturated carbocycles. The Kier molecular flexibility index (Phi) is 5.43. The molecule has 1 aliphatic heterocycles. The molecular weight excluding hydrogens is 284 g/mol. The molecule has 0 bridgehead atoms. The summed E-state index contributed by atoms with van der Waals surface area (Å²) >= 11 is 5.96. The molecule has 1 saturated heterocycles. The van der Waals surface area contributed by atoms with Crippen LogP contribution in [-0.2, 0) is 19.0 Å². The summed E-state index contributed by atoms with van der Waals surface area (Å²) in [4.78, 5) is 11.8. The van der Waals surface area contributed by atoms with Crippen LogP contribution in [0.4, 0.5) is 0 Å². The van der Waals surface area contributed by atoms with Gasteiger partial charge in [-0.1, -0.05) is 11.6 Å².